The maximum Gasteiger partial charge on any atom is 0.284 e. The quantitative estimate of drug-likeness (QED) is 0.583. The van der Waals surface area contributed by atoms with E-state index < -0.39 is 0 Å². The third-order valence-electron chi connectivity index (χ3n) is 3.34. The molecule has 0 spiro atoms. The Morgan fingerprint density at radius 3 is 2.52 bits per heavy atom. The van der Waals surface area contributed by atoms with Crippen LogP contribution in [0, 0.1) is 4.84 Å². The average molecular weight is 321 g/mol. The van der Waals surface area contributed by atoms with Gasteiger partial charge in [0.05, 0.1) is 11.4 Å². The van der Waals surface area contributed by atoms with Crippen LogP contribution in [0.5, 0.6) is 0 Å². The Bertz CT molecular complexity index is 931. The summed E-state index contributed by atoms with van der Waals surface area (Å²) in [7, 11) is 0. The number of nitrogens with zero attached hydrogens (tertiary/aromatic N) is 4. The van der Waals surface area contributed by atoms with Crippen LogP contribution in [0.2, 0.25) is 0 Å². The number of hydrogen-bond donors (Lipinski definition) is 1. The SMILES string of the molecule is S=c1[nH]nc(-c2cc(-c3ccncc3)n(-c3ccccc3)n2)o1. The first-order valence-electron chi connectivity index (χ1n) is 6.93. The van der Waals surface area contributed by atoms with Crippen LogP contribution in [0.3, 0.4) is 0 Å². The van der Waals surface area contributed by atoms with Gasteiger partial charge >= 0.3 is 0 Å². The summed E-state index contributed by atoms with van der Waals surface area (Å²) in [6.45, 7) is 0. The maximum atomic E-state index is 5.37. The summed E-state index contributed by atoms with van der Waals surface area (Å²) in [6, 6.07) is 15.6. The van der Waals surface area contributed by atoms with E-state index >= 15 is 0 Å². The minimum Gasteiger partial charge on any atom is -0.408 e. The Morgan fingerprint density at radius 2 is 1.83 bits per heavy atom. The fourth-order valence-corrected chi connectivity index (χ4v) is 2.44. The Balaban J connectivity index is 1.93. The Labute approximate surface area is 136 Å². The smallest absolute Gasteiger partial charge is 0.284 e. The number of benzene rings is 1. The molecule has 23 heavy (non-hydrogen) atoms. The van der Waals surface area contributed by atoms with Crippen molar-refractivity contribution in [3.63, 3.8) is 0 Å². The van der Waals surface area contributed by atoms with E-state index in [-0.39, 0.29) is 4.84 Å². The van der Waals surface area contributed by atoms with Crippen molar-refractivity contribution in [1.82, 2.24) is 25.0 Å². The summed E-state index contributed by atoms with van der Waals surface area (Å²) in [5, 5.41) is 11.3. The molecular weight excluding hydrogens is 310 g/mol. The zero-order valence-electron chi connectivity index (χ0n) is 11.9. The van der Waals surface area contributed by atoms with Crippen LogP contribution in [0.1, 0.15) is 0 Å². The van der Waals surface area contributed by atoms with Crippen molar-refractivity contribution in [2.24, 2.45) is 0 Å². The molecule has 0 amide bonds. The zero-order chi connectivity index (χ0) is 15.6. The zero-order valence-corrected chi connectivity index (χ0v) is 12.7. The van der Waals surface area contributed by atoms with Gasteiger partial charge in [0.2, 0.25) is 0 Å². The highest BCUT2D eigenvalue weighted by Crippen LogP contribution is 2.27. The molecule has 4 rings (SSSR count). The highest BCUT2D eigenvalue weighted by atomic mass is 32.1. The van der Waals surface area contributed by atoms with E-state index in [1.54, 1.807) is 12.4 Å². The molecule has 0 aliphatic heterocycles. The second-order valence-corrected chi connectivity index (χ2v) is 5.19. The van der Waals surface area contributed by atoms with Crippen LogP contribution in [0.25, 0.3) is 28.5 Å². The molecule has 0 bridgehead atoms. The third kappa shape index (κ3) is 2.58. The van der Waals surface area contributed by atoms with Gasteiger partial charge in [0.25, 0.3) is 10.7 Å². The predicted octanol–water partition coefficient (Wildman–Crippen LogP) is 3.65. The standard InChI is InChI=1S/C16H11N5OS/c23-16-19-18-15(22-16)13-10-14(11-6-8-17-9-7-11)21(20-13)12-4-2-1-3-5-12/h1-10H,(H,19,23). The number of nitrogens with one attached hydrogen (secondary N) is 1. The van der Waals surface area contributed by atoms with Crippen molar-refractivity contribution in [1.29, 1.82) is 0 Å². The highest BCUT2D eigenvalue weighted by Gasteiger charge is 2.15. The minimum absolute atomic E-state index is 0.222. The van der Waals surface area contributed by atoms with Gasteiger partial charge in [-0.1, -0.05) is 18.2 Å². The number of rotatable bonds is 3. The molecule has 112 valence electrons. The Morgan fingerprint density at radius 1 is 1.04 bits per heavy atom. The van der Waals surface area contributed by atoms with Gasteiger partial charge < -0.3 is 4.42 Å². The van der Waals surface area contributed by atoms with Crippen molar-refractivity contribution in [3.8, 4) is 28.5 Å². The molecule has 7 heteroatoms. The van der Waals surface area contributed by atoms with E-state index in [1.807, 2.05) is 53.2 Å². The summed E-state index contributed by atoms with van der Waals surface area (Å²) in [4.78, 5) is 4.28. The Kier molecular flexibility index (Phi) is 3.32. The monoisotopic (exact) mass is 321 g/mol. The third-order valence-corrected chi connectivity index (χ3v) is 3.52. The molecule has 6 nitrogen and oxygen atoms in total. The summed E-state index contributed by atoms with van der Waals surface area (Å²) < 4.78 is 7.21. The lowest BCUT2D eigenvalue weighted by molar-refractivity contribution is 0.549. The molecule has 0 unspecified atom stereocenters. The van der Waals surface area contributed by atoms with Gasteiger partial charge in [-0.15, -0.1) is 5.10 Å². The van der Waals surface area contributed by atoms with Gasteiger partial charge in [0.15, 0.2) is 5.69 Å². The normalized spacial score (nSPS) is 10.8. The second-order valence-electron chi connectivity index (χ2n) is 4.82. The lowest BCUT2D eigenvalue weighted by Crippen LogP contribution is -1.98. The lowest BCUT2D eigenvalue weighted by atomic mass is 10.2. The predicted molar refractivity (Wildman–Crippen MR) is 87.5 cm³/mol. The highest BCUT2D eigenvalue weighted by molar-refractivity contribution is 7.71. The lowest BCUT2D eigenvalue weighted by Gasteiger charge is -2.06. The molecule has 0 aliphatic rings. The van der Waals surface area contributed by atoms with Gasteiger partial charge in [-0.3, -0.25) is 4.98 Å². The van der Waals surface area contributed by atoms with E-state index in [0.717, 1.165) is 16.9 Å². The van der Waals surface area contributed by atoms with E-state index in [0.29, 0.717) is 11.6 Å². The van der Waals surface area contributed by atoms with Crippen molar-refractivity contribution in [2.75, 3.05) is 0 Å². The number of para-hydroxylation sites is 1. The number of H-pyrrole nitrogens is 1. The molecule has 0 atom stereocenters. The molecule has 0 saturated heterocycles. The summed E-state index contributed by atoms with van der Waals surface area (Å²) in [6.07, 6.45) is 3.50. The van der Waals surface area contributed by atoms with Gasteiger partial charge in [0, 0.05) is 18.0 Å². The average Bonchev–Trinajstić information content (AvgIpc) is 3.23. The number of aromatic amines is 1. The summed E-state index contributed by atoms with van der Waals surface area (Å²) in [5.74, 6) is 0.361. The maximum absolute atomic E-state index is 5.37. The van der Waals surface area contributed by atoms with Crippen LogP contribution < -0.4 is 0 Å². The fraction of sp³-hybridized carbons (Fsp3) is 0. The molecule has 0 aliphatic carbocycles. The van der Waals surface area contributed by atoms with Gasteiger partial charge in [-0.25, -0.2) is 9.78 Å². The molecule has 0 fully saturated rings. The van der Waals surface area contributed by atoms with Crippen LogP contribution in [0.15, 0.2) is 65.3 Å². The van der Waals surface area contributed by atoms with Crippen LogP contribution in [-0.2, 0) is 0 Å². The first-order chi connectivity index (χ1) is 11.3. The second kappa shape index (κ2) is 5.62. The molecule has 1 aromatic carbocycles. The first-order valence-corrected chi connectivity index (χ1v) is 7.34. The van der Waals surface area contributed by atoms with Crippen molar-refractivity contribution < 1.29 is 4.42 Å². The Hall–Kier alpha value is -3.06. The van der Waals surface area contributed by atoms with E-state index in [1.165, 1.54) is 0 Å². The van der Waals surface area contributed by atoms with Crippen LogP contribution in [-0.4, -0.2) is 25.0 Å². The van der Waals surface area contributed by atoms with E-state index in [9.17, 15) is 0 Å². The number of hydrogen-bond acceptors (Lipinski definition) is 5. The molecule has 1 N–H and O–H groups in total. The number of pyridine rings is 1. The topological polar surface area (TPSA) is 72.5 Å². The molecular formula is C16H11N5OS. The van der Waals surface area contributed by atoms with Gasteiger partial charge in [0.1, 0.15) is 0 Å². The van der Waals surface area contributed by atoms with Gasteiger partial charge in [-0.05, 0) is 42.5 Å². The summed E-state index contributed by atoms with van der Waals surface area (Å²) in [5.41, 5.74) is 3.46. The van der Waals surface area contributed by atoms with Crippen molar-refractivity contribution in [2.45, 2.75) is 0 Å². The number of aromatic nitrogens is 5. The first kappa shape index (κ1) is 13.6. The largest absolute Gasteiger partial charge is 0.408 e. The molecule has 3 aromatic heterocycles. The minimum atomic E-state index is 0.222. The molecule has 4 aromatic rings. The summed E-state index contributed by atoms with van der Waals surface area (Å²) >= 11 is 4.93. The molecule has 0 radical (unpaired) electrons. The van der Waals surface area contributed by atoms with E-state index in [2.05, 4.69) is 20.3 Å². The van der Waals surface area contributed by atoms with Gasteiger partial charge in [-0.2, -0.15) is 5.10 Å². The van der Waals surface area contributed by atoms with Crippen LogP contribution in [0.4, 0.5) is 0 Å². The molecule has 0 saturated carbocycles. The van der Waals surface area contributed by atoms with Crippen molar-refractivity contribution in [3.05, 3.63) is 65.8 Å². The van der Waals surface area contributed by atoms with Crippen molar-refractivity contribution >= 4 is 12.2 Å². The molecule has 3 heterocycles. The van der Waals surface area contributed by atoms with E-state index in [4.69, 9.17) is 16.6 Å². The van der Waals surface area contributed by atoms with Crippen LogP contribution >= 0.6 is 12.2 Å². The fourth-order valence-electron chi connectivity index (χ4n) is 2.32.